The summed E-state index contributed by atoms with van der Waals surface area (Å²) in [4.78, 5) is 27.1. The van der Waals surface area contributed by atoms with Gasteiger partial charge < -0.3 is 10.3 Å². The van der Waals surface area contributed by atoms with Gasteiger partial charge in [-0.1, -0.05) is 32.0 Å². The second-order valence-electron chi connectivity index (χ2n) is 8.23. The number of carbonyl (C=O) groups excluding carboxylic acids is 1. The van der Waals surface area contributed by atoms with Crippen molar-refractivity contribution in [1.29, 1.82) is 0 Å². The van der Waals surface area contributed by atoms with Gasteiger partial charge in [0, 0.05) is 60.6 Å². The lowest BCUT2D eigenvalue weighted by Crippen LogP contribution is -2.34. The molecule has 3 heterocycles. The van der Waals surface area contributed by atoms with Crippen LogP contribution in [0.15, 0.2) is 42.9 Å². The molecule has 6 nitrogen and oxygen atoms in total. The summed E-state index contributed by atoms with van der Waals surface area (Å²) in [6.45, 7) is 7.39. The third kappa shape index (κ3) is 4.65. The third-order valence-corrected chi connectivity index (χ3v) is 5.66. The minimum atomic E-state index is 0.0637. The number of H-pyrrole nitrogens is 1. The molecule has 0 saturated carbocycles. The van der Waals surface area contributed by atoms with Crippen LogP contribution in [0.25, 0.3) is 10.9 Å². The van der Waals surface area contributed by atoms with E-state index >= 15 is 0 Å². The fraction of sp³-hybridized carbons (Fsp3) is 0.435. The number of para-hydroxylation sites is 1. The van der Waals surface area contributed by atoms with E-state index in [4.69, 9.17) is 0 Å². The van der Waals surface area contributed by atoms with E-state index < -0.39 is 0 Å². The van der Waals surface area contributed by atoms with Crippen molar-refractivity contribution in [2.75, 3.05) is 19.6 Å². The zero-order valence-electron chi connectivity index (χ0n) is 17.2. The zero-order valence-corrected chi connectivity index (χ0v) is 17.2. The Hall–Kier alpha value is -2.73. The van der Waals surface area contributed by atoms with E-state index in [-0.39, 0.29) is 11.8 Å². The van der Waals surface area contributed by atoms with Crippen molar-refractivity contribution >= 4 is 16.8 Å². The Balaban J connectivity index is 1.24. The second kappa shape index (κ2) is 8.74. The highest BCUT2D eigenvalue weighted by atomic mass is 16.1. The molecule has 4 rings (SSSR count). The number of rotatable bonds is 7. The van der Waals surface area contributed by atoms with Gasteiger partial charge >= 0.3 is 0 Å². The normalized spacial score (nSPS) is 17.3. The Morgan fingerprint density at radius 2 is 2.07 bits per heavy atom. The smallest absolute Gasteiger partial charge is 0.224 e. The van der Waals surface area contributed by atoms with Crippen molar-refractivity contribution in [3.8, 4) is 0 Å². The Morgan fingerprint density at radius 3 is 2.86 bits per heavy atom. The number of nitrogens with one attached hydrogen (secondary N) is 2. The first-order chi connectivity index (χ1) is 14.1. The molecular weight excluding hydrogens is 362 g/mol. The minimum Gasteiger partial charge on any atom is -0.361 e. The fourth-order valence-corrected chi connectivity index (χ4v) is 4.00. The maximum absolute atomic E-state index is 12.6. The van der Waals surface area contributed by atoms with Gasteiger partial charge in [0.05, 0.1) is 5.92 Å². The van der Waals surface area contributed by atoms with Crippen LogP contribution in [0.5, 0.6) is 0 Å². The lowest BCUT2D eigenvalue weighted by Gasteiger charge is -2.16. The Bertz CT molecular complexity index is 963. The molecule has 1 aliphatic rings. The molecule has 0 bridgehead atoms. The highest BCUT2D eigenvalue weighted by Gasteiger charge is 2.28. The molecule has 1 fully saturated rings. The van der Waals surface area contributed by atoms with Crippen LogP contribution in [-0.4, -0.2) is 45.4 Å². The third-order valence-electron chi connectivity index (χ3n) is 5.66. The average Bonchev–Trinajstić information content (AvgIpc) is 3.36. The summed E-state index contributed by atoms with van der Waals surface area (Å²) >= 11 is 0. The predicted octanol–water partition coefficient (Wildman–Crippen LogP) is 3.26. The van der Waals surface area contributed by atoms with Crippen LogP contribution in [0, 0.1) is 5.92 Å². The van der Waals surface area contributed by atoms with Crippen molar-refractivity contribution < 1.29 is 4.79 Å². The molecule has 0 spiro atoms. The molecule has 2 N–H and O–H groups in total. The number of nitrogens with zero attached hydrogens (tertiary/aromatic N) is 3. The fourth-order valence-electron chi connectivity index (χ4n) is 4.00. The molecule has 1 aliphatic heterocycles. The van der Waals surface area contributed by atoms with Gasteiger partial charge in [-0.05, 0) is 31.0 Å². The lowest BCUT2D eigenvalue weighted by atomic mass is 10.1. The van der Waals surface area contributed by atoms with Crippen LogP contribution >= 0.6 is 0 Å². The largest absolute Gasteiger partial charge is 0.361 e. The van der Waals surface area contributed by atoms with E-state index in [0.717, 1.165) is 49.4 Å². The van der Waals surface area contributed by atoms with Gasteiger partial charge in [-0.15, -0.1) is 0 Å². The summed E-state index contributed by atoms with van der Waals surface area (Å²) in [5, 5.41) is 4.36. The molecule has 0 unspecified atom stereocenters. The van der Waals surface area contributed by atoms with Gasteiger partial charge in [0.1, 0.15) is 5.82 Å². The van der Waals surface area contributed by atoms with Crippen molar-refractivity contribution in [2.45, 2.75) is 39.2 Å². The molecule has 29 heavy (non-hydrogen) atoms. The Labute approximate surface area is 171 Å². The first-order valence-electron chi connectivity index (χ1n) is 10.5. The number of likely N-dealkylation sites (tertiary alicyclic amines) is 1. The van der Waals surface area contributed by atoms with E-state index in [9.17, 15) is 4.79 Å². The summed E-state index contributed by atoms with van der Waals surface area (Å²) in [6.07, 6.45) is 7.62. The molecular formula is C23H29N5O. The number of carbonyl (C=O) groups is 1. The van der Waals surface area contributed by atoms with E-state index in [1.54, 1.807) is 0 Å². The maximum atomic E-state index is 12.6. The summed E-state index contributed by atoms with van der Waals surface area (Å²) in [5.74, 6) is 1.45. The van der Waals surface area contributed by atoms with Crippen LogP contribution in [0.1, 0.15) is 43.1 Å². The summed E-state index contributed by atoms with van der Waals surface area (Å²) in [5.41, 5.74) is 3.50. The number of benzene rings is 1. The molecule has 6 heteroatoms. The van der Waals surface area contributed by atoms with E-state index in [1.165, 1.54) is 10.9 Å². The first-order valence-corrected chi connectivity index (χ1v) is 10.5. The van der Waals surface area contributed by atoms with Gasteiger partial charge in [0.2, 0.25) is 5.91 Å². The number of hydrogen-bond acceptors (Lipinski definition) is 4. The first kappa shape index (κ1) is 19.6. The van der Waals surface area contributed by atoms with Crippen LogP contribution in [0.3, 0.4) is 0 Å². The quantitative estimate of drug-likeness (QED) is 0.648. The number of aromatic amines is 1. The predicted molar refractivity (Wildman–Crippen MR) is 115 cm³/mol. The topological polar surface area (TPSA) is 73.9 Å². The lowest BCUT2D eigenvalue weighted by molar-refractivity contribution is -0.124. The highest BCUT2D eigenvalue weighted by Crippen LogP contribution is 2.20. The van der Waals surface area contributed by atoms with Crippen molar-refractivity contribution in [3.63, 3.8) is 0 Å². The minimum absolute atomic E-state index is 0.0637. The van der Waals surface area contributed by atoms with Gasteiger partial charge in [-0.3, -0.25) is 9.69 Å². The van der Waals surface area contributed by atoms with Crippen molar-refractivity contribution in [1.82, 2.24) is 25.2 Å². The maximum Gasteiger partial charge on any atom is 0.224 e. The summed E-state index contributed by atoms with van der Waals surface area (Å²) in [7, 11) is 0. The number of aromatic nitrogens is 3. The average molecular weight is 392 g/mol. The van der Waals surface area contributed by atoms with Crippen LogP contribution < -0.4 is 5.32 Å². The highest BCUT2D eigenvalue weighted by molar-refractivity contribution is 5.83. The number of hydrogen-bond donors (Lipinski definition) is 2. The van der Waals surface area contributed by atoms with Gasteiger partial charge in [0.15, 0.2) is 0 Å². The van der Waals surface area contributed by atoms with E-state index in [2.05, 4.69) is 51.1 Å². The SMILES string of the molecule is CC(C)c1ncc(CN2CC[C@@H](C(=O)NCCc3c[nH]c4ccccc34)C2)cn1. The Kier molecular flexibility index (Phi) is 5.90. The van der Waals surface area contributed by atoms with Gasteiger partial charge in [-0.25, -0.2) is 9.97 Å². The van der Waals surface area contributed by atoms with E-state index in [1.807, 2.05) is 30.7 Å². The molecule has 2 aromatic heterocycles. The monoisotopic (exact) mass is 391 g/mol. The van der Waals surface area contributed by atoms with Crippen LogP contribution in [-0.2, 0) is 17.8 Å². The van der Waals surface area contributed by atoms with Gasteiger partial charge in [-0.2, -0.15) is 0 Å². The molecule has 1 amide bonds. The van der Waals surface area contributed by atoms with Gasteiger partial charge in [0.25, 0.3) is 0 Å². The standard InChI is InChI=1S/C23H29N5O/c1-16(2)22-26-11-17(12-27-22)14-28-10-8-19(15-28)23(29)24-9-7-18-13-25-21-6-4-3-5-20(18)21/h3-6,11-13,16,19,25H,7-10,14-15H2,1-2H3,(H,24,29)/t19-/m1/s1. The molecule has 0 radical (unpaired) electrons. The summed E-state index contributed by atoms with van der Waals surface area (Å²) < 4.78 is 0. The molecule has 1 aromatic carbocycles. The molecule has 152 valence electrons. The van der Waals surface area contributed by atoms with E-state index in [0.29, 0.717) is 12.5 Å². The van der Waals surface area contributed by atoms with Crippen molar-refractivity contribution in [3.05, 3.63) is 59.8 Å². The van der Waals surface area contributed by atoms with Crippen LogP contribution in [0.2, 0.25) is 0 Å². The molecule has 0 aliphatic carbocycles. The Morgan fingerprint density at radius 1 is 1.28 bits per heavy atom. The van der Waals surface area contributed by atoms with Crippen LogP contribution in [0.4, 0.5) is 0 Å². The second-order valence-corrected chi connectivity index (χ2v) is 8.23. The number of fused-ring (bicyclic) bond motifs is 1. The zero-order chi connectivity index (χ0) is 20.2. The molecule has 1 saturated heterocycles. The van der Waals surface area contributed by atoms with Crippen molar-refractivity contribution in [2.24, 2.45) is 5.92 Å². The molecule has 3 aromatic rings. The number of amides is 1. The molecule has 1 atom stereocenters. The summed E-state index contributed by atoms with van der Waals surface area (Å²) in [6, 6.07) is 8.27.